The Morgan fingerprint density at radius 3 is 2.47 bits per heavy atom. The maximum Gasteiger partial charge on any atom is 0.257 e. The lowest BCUT2D eigenvalue weighted by molar-refractivity contribution is 0.0502. The van der Waals surface area contributed by atoms with Gasteiger partial charge in [-0.05, 0) is 67.8 Å². The second kappa shape index (κ2) is 11.6. The van der Waals surface area contributed by atoms with Crippen LogP contribution >= 0.6 is 0 Å². The Labute approximate surface area is 220 Å². The molecule has 2 heterocycles. The van der Waals surface area contributed by atoms with Crippen LogP contribution in [0.2, 0.25) is 0 Å². The molecular weight excluding hydrogens is 488 g/mol. The lowest BCUT2D eigenvalue weighted by Gasteiger charge is -2.26. The van der Waals surface area contributed by atoms with E-state index in [1.807, 2.05) is 37.3 Å². The van der Waals surface area contributed by atoms with Gasteiger partial charge in [-0.1, -0.05) is 37.3 Å². The summed E-state index contributed by atoms with van der Waals surface area (Å²) in [6, 6.07) is 21.2. The molecule has 1 fully saturated rings. The van der Waals surface area contributed by atoms with E-state index in [9.17, 15) is 13.6 Å². The zero-order valence-electron chi connectivity index (χ0n) is 21.1. The van der Waals surface area contributed by atoms with Crippen molar-refractivity contribution in [2.24, 2.45) is 0 Å². The number of hydrogen-bond donors (Lipinski definition) is 0. The Balaban J connectivity index is 1.58. The van der Waals surface area contributed by atoms with E-state index in [1.54, 1.807) is 33.8 Å². The molecule has 4 aromatic rings. The number of hydrogen-bond acceptors (Lipinski definition) is 4. The lowest BCUT2D eigenvalue weighted by Crippen LogP contribution is -2.37. The first-order valence-corrected chi connectivity index (χ1v) is 12.8. The van der Waals surface area contributed by atoms with Gasteiger partial charge in [0.25, 0.3) is 5.91 Å². The minimum Gasteiger partial charge on any atom is -0.439 e. The Morgan fingerprint density at radius 1 is 1.05 bits per heavy atom. The highest BCUT2D eigenvalue weighted by molar-refractivity contribution is 5.94. The largest absolute Gasteiger partial charge is 0.439 e. The monoisotopic (exact) mass is 517 g/mol. The number of halogens is 2. The van der Waals surface area contributed by atoms with Gasteiger partial charge < -0.3 is 14.4 Å². The van der Waals surface area contributed by atoms with Crippen molar-refractivity contribution in [3.63, 3.8) is 0 Å². The number of carbonyl (C=O) groups is 1. The third-order valence-corrected chi connectivity index (χ3v) is 6.57. The minimum absolute atomic E-state index is 0.000000401. The van der Waals surface area contributed by atoms with Crippen LogP contribution in [-0.2, 0) is 17.7 Å². The van der Waals surface area contributed by atoms with Crippen molar-refractivity contribution < 1.29 is 23.0 Å². The van der Waals surface area contributed by atoms with E-state index in [0.29, 0.717) is 36.8 Å². The van der Waals surface area contributed by atoms with Crippen molar-refractivity contribution in [2.75, 3.05) is 13.2 Å². The summed E-state index contributed by atoms with van der Waals surface area (Å²) in [5.74, 6) is -0.535. The van der Waals surface area contributed by atoms with Gasteiger partial charge in [-0.3, -0.25) is 4.79 Å². The molecule has 0 spiro atoms. The van der Waals surface area contributed by atoms with Gasteiger partial charge in [-0.25, -0.2) is 13.5 Å². The third kappa shape index (κ3) is 5.60. The molecule has 1 saturated heterocycles. The average Bonchev–Trinajstić information content (AvgIpc) is 3.58. The molecule has 38 heavy (non-hydrogen) atoms. The molecule has 0 N–H and O–H groups in total. The van der Waals surface area contributed by atoms with Crippen LogP contribution in [0.5, 0.6) is 11.6 Å². The maximum absolute atomic E-state index is 14.7. The second-order valence-corrected chi connectivity index (χ2v) is 9.19. The zero-order valence-corrected chi connectivity index (χ0v) is 21.1. The maximum atomic E-state index is 14.7. The number of aromatic nitrogens is 2. The summed E-state index contributed by atoms with van der Waals surface area (Å²) < 4.78 is 42.1. The van der Waals surface area contributed by atoms with Crippen LogP contribution in [0.25, 0.3) is 5.69 Å². The fraction of sp³-hybridized carbons (Fsp3) is 0.267. The van der Waals surface area contributed by atoms with Gasteiger partial charge in [-0.2, -0.15) is 5.10 Å². The number of rotatable bonds is 9. The van der Waals surface area contributed by atoms with Gasteiger partial charge in [0.1, 0.15) is 17.4 Å². The molecule has 0 radical (unpaired) electrons. The van der Waals surface area contributed by atoms with Crippen LogP contribution in [0.4, 0.5) is 8.78 Å². The van der Waals surface area contributed by atoms with Gasteiger partial charge in [0.05, 0.1) is 35.2 Å². The number of carbonyl (C=O) groups excluding carboxylic acids is 1. The summed E-state index contributed by atoms with van der Waals surface area (Å²) in [7, 11) is 0. The summed E-state index contributed by atoms with van der Waals surface area (Å²) in [5.41, 5.74) is 2.21. The Hall–Kier alpha value is -4.04. The van der Waals surface area contributed by atoms with E-state index in [0.717, 1.165) is 24.2 Å². The quantitative estimate of drug-likeness (QED) is 0.261. The standard InChI is InChI=1S/C30H29F2N3O3/c1-2-28-26(20-34(19-24-11-8-18-37-24)29(36)25-12-6-7-13-27(25)32)30(38-23-16-14-21(31)15-17-23)35(33-28)22-9-4-3-5-10-22/h3-7,9-10,12-17,24H,2,8,11,18-20H2,1H3. The Kier molecular flexibility index (Phi) is 7.79. The van der Waals surface area contributed by atoms with E-state index in [-0.39, 0.29) is 24.0 Å². The Morgan fingerprint density at radius 2 is 1.79 bits per heavy atom. The molecule has 5 rings (SSSR count). The molecule has 196 valence electrons. The minimum atomic E-state index is -0.576. The predicted molar refractivity (Wildman–Crippen MR) is 140 cm³/mol. The van der Waals surface area contributed by atoms with Crippen LogP contribution in [0.15, 0.2) is 78.9 Å². The number of amides is 1. The van der Waals surface area contributed by atoms with Gasteiger partial charge in [-0.15, -0.1) is 0 Å². The van der Waals surface area contributed by atoms with Crippen LogP contribution in [0.1, 0.15) is 41.4 Å². The second-order valence-electron chi connectivity index (χ2n) is 9.19. The SMILES string of the molecule is CCc1nn(-c2ccccc2)c(Oc2ccc(F)cc2)c1CN(CC1CCCO1)C(=O)c1ccccc1F. The molecule has 3 aromatic carbocycles. The Bertz CT molecular complexity index is 1380. The fourth-order valence-corrected chi connectivity index (χ4v) is 4.63. The van der Waals surface area contributed by atoms with E-state index in [4.69, 9.17) is 14.6 Å². The van der Waals surface area contributed by atoms with E-state index in [1.165, 1.54) is 24.3 Å². The lowest BCUT2D eigenvalue weighted by atomic mass is 10.1. The summed E-state index contributed by atoms with van der Waals surface area (Å²) in [6.45, 7) is 3.06. The fourth-order valence-electron chi connectivity index (χ4n) is 4.63. The van der Waals surface area contributed by atoms with Crippen molar-refractivity contribution in [3.05, 3.63) is 107 Å². The molecule has 1 atom stereocenters. The van der Waals surface area contributed by atoms with Gasteiger partial charge >= 0.3 is 0 Å². The molecule has 1 amide bonds. The van der Waals surface area contributed by atoms with Crippen molar-refractivity contribution >= 4 is 5.91 Å². The van der Waals surface area contributed by atoms with E-state index >= 15 is 0 Å². The van der Waals surface area contributed by atoms with Crippen molar-refractivity contribution in [1.82, 2.24) is 14.7 Å². The van der Waals surface area contributed by atoms with Crippen LogP contribution in [0, 0.1) is 11.6 Å². The molecule has 1 aromatic heterocycles. The normalized spacial score (nSPS) is 15.0. The number of aryl methyl sites for hydroxylation is 1. The van der Waals surface area contributed by atoms with Crippen molar-refractivity contribution in [3.8, 4) is 17.3 Å². The van der Waals surface area contributed by atoms with Gasteiger partial charge in [0.15, 0.2) is 0 Å². The van der Waals surface area contributed by atoms with Crippen LogP contribution < -0.4 is 4.74 Å². The number of ether oxygens (including phenoxy) is 2. The molecule has 0 bridgehead atoms. The third-order valence-electron chi connectivity index (χ3n) is 6.57. The highest BCUT2D eigenvalue weighted by atomic mass is 19.1. The molecule has 0 saturated carbocycles. The zero-order chi connectivity index (χ0) is 26.5. The summed E-state index contributed by atoms with van der Waals surface area (Å²) >= 11 is 0. The summed E-state index contributed by atoms with van der Waals surface area (Å²) in [5, 5.41) is 4.82. The summed E-state index contributed by atoms with van der Waals surface area (Å²) in [6.07, 6.45) is 2.18. The number of benzene rings is 3. The molecule has 6 nitrogen and oxygen atoms in total. The topological polar surface area (TPSA) is 56.6 Å². The highest BCUT2D eigenvalue weighted by Gasteiger charge is 2.29. The smallest absolute Gasteiger partial charge is 0.257 e. The van der Waals surface area contributed by atoms with Gasteiger partial charge in [0, 0.05) is 13.2 Å². The number of nitrogens with zero attached hydrogens (tertiary/aromatic N) is 3. The molecule has 1 aliphatic rings. The van der Waals surface area contributed by atoms with Gasteiger partial charge in [0.2, 0.25) is 5.88 Å². The average molecular weight is 518 g/mol. The summed E-state index contributed by atoms with van der Waals surface area (Å²) in [4.78, 5) is 15.3. The predicted octanol–water partition coefficient (Wildman–Crippen LogP) is 6.33. The number of para-hydroxylation sites is 1. The first-order chi connectivity index (χ1) is 18.5. The first kappa shape index (κ1) is 25.6. The van der Waals surface area contributed by atoms with Crippen LogP contribution in [-0.4, -0.2) is 39.8 Å². The molecule has 0 aliphatic carbocycles. The molecular formula is C30H29F2N3O3. The van der Waals surface area contributed by atoms with Crippen molar-refractivity contribution in [1.29, 1.82) is 0 Å². The van der Waals surface area contributed by atoms with E-state index < -0.39 is 11.7 Å². The van der Waals surface area contributed by atoms with Crippen LogP contribution in [0.3, 0.4) is 0 Å². The van der Waals surface area contributed by atoms with E-state index in [2.05, 4.69) is 0 Å². The highest BCUT2D eigenvalue weighted by Crippen LogP contribution is 2.33. The molecule has 8 heteroatoms. The molecule has 1 unspecified atom stereocenters. The van der Waals surface area contributed by atoms with Crippen molar-refractivity contribution in [2.45, 2.75) is 38.8 Å². The molecule has 1 aliphatic heterocycles. The first-order valence-electron chi connectivity index (χ1n) is 12.8.